The average molecular weight is 661 g/mol. The van der Waals surface area contributed by atoms with Crippen LogP contribution in [0.3, 0.4) is 0 Å². The highest BCUT2D eigenvalue weighted by molar-refractivity contribution is 7.99. The summed E-state index contributed by atoms with van der Waals surface area (Å²) < 4.78 is 2.50. The number of rotatable bonds is 3. The molecule has 0 bridgehead atoms. The van der Waals surface area contributed by atoms with Crippen molar-refractivity contribution in [3.63, 3.8) is 0 Å². The van der Waals surface area contributed by atoms with Crippen molar-refractivity contribution in [2.75, 3.05) is 0 Å². The van der Waals surface area contributed by atoms with Gasteiger partial charge in [0.15, 0.2) is 0 Å². The molecule has 3 heteroatoms. The highest BCUT2D eigenvalue weighted by Crippen LogP contribution is 2.60. The van der Waals surface area contributed by atoms with E-state index < -0.39 is 5.41 Å². The molecule has 0 amide bonds. The fourth-order valence-corrected chi connectivity index (χ4v) is 9.38. The van der Waals surface area contributed by atoms with E-state index in [4.69, 9.17) is 5.73 Å². The van der Waals surface area contributed by atoms with Gasteiger partial charge in [-0.2, -0.15) is 0 Å². The number of nitrogens with two attached hydrogens (primary N) is 1. The van der Waals surface area contributed by atoms with Crippen LogP contribution in [0.4, 0.5) is 0 Å². The van der Waals surface area contributed by atoms with Gasteiger partial charge in [0.2, 0.25) is 0 Å². The zero-order valence-corrected chi connectivity index (χ0v) is 28.7. The van der Waals surface area contributed by atoms with Gasteiger partial charge in [0.05, 0.1) is 22.1 Å². The molecule has 0 fully saturated rings. The lowest BCUT2D eigenvalue weighted by atomic mass is 9.62. The smallest absolute Gasteiger partial charge is 0.0764 e. The molecular weight excluding hydrogens is 625 g/mol. The molecule has 8 aromatic rings. The molecule has 50 heavy (non-hydrogen) atoms. The molecule has 2 aliphatic heterocycles. The van der Waals surface area contributed by atoms with E-state index in [1.165, 1.54) is 70.7 Å². The van der Waals surface area contributed by atoms with Crippen molar-refractivity contribution in [1.29, 1.82) is 0 Å². The maximum Gasteiger partial charge on any atom is 0.0764 e. The van der Waals surface area contributed by atoms with Gasteiger partial charge in [-0.25, -0.2) is 0 Å². The molecule has 3 heterocycles. The standard InChI is InChI=1S/C40H28N2S.C7H8/c41-34(26-12-2-1-3-13-26)25-24-27-14-10-20-33-39(27)43-37-23-9-6-18-31(37)40(33)30-17-5-8-22-36(30)42-35-21-7-4-15-28(35)29-16-11-19-32(40)38(29)42;1-7-5-3-2-4-6-7/h1-23,25H,24,41H2;2-6H,1H3/b34-25-;. The van der Waals surface area contributed by atoms with Crippen LogP contribution in [0.1, 0.15) is 38.9 Å². The molecule has 0 saturated heterocycles. The van der Waals surface area contributed by atoms with Crippen molar-refractivity contribution in [2.45, 2.75) is 28.6 Å². The molecule has 0 radical (unpaired) electrons. The highest BCUT2D eigenvalue weighted by Gasteiger charge is 2.49. The molecule has 1 unspecified atom stereocenters. The Hall–Kier alpha value is -5.77. The van der Waals surface area contributed by atoms with Gasteiger partial charge in [-0.1, -0.05) is 175 Å². The second-order valence-electron chi connectivity index (χ2n) is 13.1. The predicted octanol–water partition coefficient (Wildman–Crippen LogP) is 11.5. The Morgan fingerprint density at radius 2 is 1.22 bits per heavy atom. The predicted molar refractivity (Wildman–Crippen MR) is 210 cm³/mol. The van der Waals surface area contributed by atoms with Crippen LogP contribution < -0.4 is 5.73 Å². The lowest BCUT2D eigenvalue weighted by Gasteiger charge is -2.45. The average Bonchev–Trinajstić information content (AvgIpc) is 3.52. The van der Waals surface area contributed by atoms with E-state index in [1.807, 2.05) is 48.2 Å². The topological polar surface area (TPSA) is 30.9 Å². The van der Waals surface area contributed by atoms with Gasteiger partial charge in [-0.3, -0.25) is 0 Å². The van der Waals surface area contributed by atoms with E-state index in [2.05, 4.69) is 151 Å². The highest BCUT2D eigenvalue weighted by atomic mass is 32.2. The number of hydrogen-bond acceptors (Lipinski definition) is 2. The molecule has 2 N–H and O–H groups in total. The van der Waals surface area contributed by atoms with Crippen LogP contribution in [0.25, 0.3) is 33.2 Å². The molecule has 7 aromatic carbocycles. The SMILES string of the molecule is Cc1ccccc1.N/C(=C\Cc1cccc2c1Sc1ccccc1C21c2ccccc2-n2c3ccccc3c3cccc1c32)c1ccccc1. The second kappa shape index (κ2) is 12.3. The third-order valence-electron chi connectivity index (χ3n) is 10.2. The Morgan fingerprint density at radius 3 is 2.02 bits per heavy atom. The molecule has 1 aromatic heterocycles. The molecule has 1 spiro atoms. The van der Waals surface area contributed by atoms with Crippen molar-refractivity contribution in [2.24, 2.45) is 5.73 Å². The van der Waals surface area contributed by atoms with Crippen molar-refractivity contribution in [1.82, 2.24) is 4.57 Å². The molecule has 0 aliphatic carbocycles. The number of benzene rings is 7. The fraction of sp³-hybridized carbons (Fsp3) is 0.0638. The summed E-state index contributed by atoms with van der Waals surface area (Å²) in [6, 6.07) is 61.2. The number of aromatic nitrogens is 1. The summed E-state index contributed by atoms with van der Waals surface area (Å²) in [5, 5.41) is 2.59. The molecule has 10 rings (SSSR count). The number of nitrogens with zero attached hydrogens (tertiary/aromatic N) is 1. The number of para-hydroxylation sites is 3. The Labute approximate surface area is 297 Å². The minimum absolute atomic E-state index is 0.456. The maximum absolute atomic E-state index is 6.59. The van der Waals surface area contributed by atoms with E-state index in [1.54, 1.807) is 0 Å². The third kappa shape index (κ3) is 4.65. The van der Waals surface area contributed by atoms with Crippen LogP contribution in [0.5, 0.6) is 0 Å². The van der Waals surface area contributed by atoms with E-state index in [0.29, 0.717) is 0 Å². The van der Waals surface area contributed by atoms with E-state index in [0.717, 1.165) is 17.7 Å². The third-order valence-corrected chi connectivity index (χ3v) is 11.5. The Balaban J connectivity index is 0.000000432. The van der Waals surface area contributed by atoms with Crippen molar-refractivity contribution >= 4 is 39.3 Å². The minimum Gasteiger partial charge on any atom is -0.398 e. The Morgan fingerprint density at radius 1 is 0.600 bits per heavy atom. The van der Waals surface area contributed by atoms with Crippen LogP contribution in [0, 0.1) is 6.92 Å². The first-order valence-electron chi connectivity index (χ1n) is 17.2. The lowest BCUT2D eigenvalue weighted by Crippen LogP contribution is -2.38. The number of hydrogen-bond donors (Lipinski definition) is 1. The molecule has 0 saturated carbocycles. The molecule has 2 nitrogen and oxygen atoms in total. The first kappa shape index (κ1) is 30.3. The summed E-state index contributed by atoms with van der Waals surface area (Å²) in [6.07, 6.45) is 2.94. The summed E-state index contributed by atoms with van der Waals surface area (Å²) in [4.78, 5) is 2.63. The van der Waals surface area contributed by atoms with Gasteiger partial charge in [-0.05, 0) is 64.9 Å². The zero-order valence-electron chi connectivity index (χ0n) is 27.9. The van der Waals surface area contributed by atoms with E-state index in [-0.39, 0.29) is 0 Å². The summed E-state index contributed by atoms with van der Waals surface area (Å²) in [5.74, 6) is 0. The summed E-state index contributed by atoms with van der Waals surface area (Å²) >= 11 is 1.90. The largest absolute Gasteiger partial charge is 0.398 e. The van der Waals surface area contributed by atoms with Crippen LogP contribution in [0.15, 0.2) is 186 Å². The van der Waals surface area contributed by atoms with Gasteiger partial charge in [0, 0.05) is 26.3 Å². The lowest BCUT2D eigenvalue weighted by molar-refractivity contribution is 0.686. The zero-order chi connectivity index (χ0) is 33.7. The molecule has 2 aliphatic rings. The van der Waals surface area contributed by atoms with E-state index in [9.17, 15) is 0 Å². The molecule has 240 valence electrons. The number of allylic oxidation sites excluding steroid dienone is 1. The van der Waals surface area contributed by atoms with Crippen LogP contribution in [-0.4, -0.2) is 4.57 Å². The van der Waals surface area contributed by atoms with Crippen molar-refractivity contribution in [3.05, 3.63) is 215 Å². The van der Waals surface area contributed by atoms with Gasteiger partial charge >= 0.3 is 0 Å². The maximum atomic E-state index is 6.59. The summed E-state index contributed by atoms with van der Waals surface area (Å²) in [5.41, 5.74) is 19.8. The van der Waals surface area contributed by atoms with Crippen molar-refractivity contribution in [3.8, 4) is 5.69 Å². The van der Waals surface area contributed by atoms with Crippen LogP contribution in [-0.2, 0) is 11.8 Å². The summed E-state index contributed by atoms with van der Waals surface area (Å²) in [6.45, 7) is 2.08. The van der Waals surface area contributed by atoms with Gasteiger partial charge < -0.3 is 10.3 Å². The first-order chi connectivity index (χ1) is 24.7. The normalized spacial score (nSPS) is 15.6. The van der Waals surface area contributed by atoms with Gasteiger partial charge in [0.1, 0.15) is 0 Å². The van der Waals surface area contributed by atoms with Crippen molar-refractivity contribution < 1.29 is 0 Å². The van der Waals surface area contributed by atoms with Gasteiger partial charge in [0.25, 0.3) is 0 Å². The monoisotopic (exact) mass is 660 g/mol. The fourth-order valence-electron chi connectivity index (χ4n) is 8.07. The Bertz CT molecular complexity index is 2560. The van der Waals surface area contributed by atoms with Crippen LogP contribution >= 0.6 is 11.8 Å². The minimum atomic E-state index is -0.456. The van der Waals surface area contributed by atoms with E-state index >= 15 is 0 Å². The second-order valence-corrected chi connectivity index (χ2v) is 14.2. The van der Waals surface area contributed by atoms with Gasteiger partial charge in [-0.15, -0.1) is 0 Å². The first-order valence-corrected chi connectivity index (χ1v) is 18.0. The quantitative estimate of drug-likeness (QED) is 0.204. The van der Waals surface area contributed by atoms with Crippen LogP contribution in [0.2, 0.25) is 0 Å². The molecular formula is C47H36N2S. The number of fused-ring (bicyclic) bond motifs is 11. The molecule has 1 atom stereocenters. The summed E-state index contributed by atoms with van der Waals surface area (Å²) in [7, 11) is 0. The Kier molecular flexibility index (Phi) is 7.44. The number of aryl methyl sites for hydroxylation is 1.